The highest BCUT2D eigenvalue weighted by Crippen LogP contribution is 2.10. The Labute approximate surface area is 103 Å². The number of benzene rings is 1. The van der Waals surface area contributed by atoms with Gasteiger partial charge in [-0.3, -0.25) is 9.69 Å². The Hall–Kier alpha value is -1.19. The first kappa shape index (κ1) is 12.3. The van der Waals surface area contributed by atoms with Crippen LogP contribution in [0.4, 0.5) is 0 Å². The predicted molar refractivity (Wildman–Crippen MR) is 69.1 cm³/mol. The minimum absolute atomic E-state index is 0.0500. The largest absolute Gasteiger partial charge is 0.303 e. The number of piperazine rings is 1. The fourth-order valence-electron chi connectivity index (χ4n) is 2.27. The lowest BCUT2D eigenvalue weighted by Gasteiger charge is -2.36. The van der Waals surface area contributed by atoms with E-state index in [-0.39, 0.29) is 6.04 Å². The first-order valence-corrected chi connectivity index (χ1v) is 6.12. The van der Waals surface area contributed by atoms with Crippen LogP contribution in [0.1, 0.15) is 5.56 Å². The van der Waals surface area contributed by atoms with Gasteiger partial charge in [0.15, 0.2) is 5.78 Å². The zero-order valence-electron chi connectivity index (χ0n) is 10.6. The highest BCUT2D eigenvalue weighted by molar-refractivity contribution is 5.86. The Morgan fingerprint density at radius 2 is 1.94 bits per heavy atom. The van der Waals surface area contributed by atoms with Gasteiger partial charge in [0.05, 0.1) is 6.04 Å². The van der Waals surface area contributed by atoms with E-state index in [2.05, 4.69) is 16.8 Å². The predicted octanol–water partition coefficient (Wildman–Crippen LogP) is 1.04. The summed E-state index contributed by atoms with van der Waals surface area (Å²) in [5.74, 6) is 0.324. The number of hydrogen-bond acceptors (Lipinski definition) is 3. The Morgan fingerprint density at radius 3 is 2.65 bits per heavy atom. The number of Topliss-reactive ketones (excluding diaryl/α,β-unsaturated/α-hetero) is 1. The molecule has 17 heavy (non-hydrogen) atoms. The van der Waals surface area contributed by atoms with Crippen LogP contribution in [-0.2, 0) is 11.2 Å². The van der Waals surface area contributed by atoms with Crippen LogP contribution in [0.3, 0.4) is 0 Å². The van der Waals surface area contributed by atoms with Crippen molar-refractivity contribution in [1.29, 1.82) is 0 Å². The molecule has 1 aliphatic heterocycles. The summed E-state index contributed by atoms with van der Waals surface area (Å²) >= 11 is 0. The normalized spacial score (nSPS) is 22.6. The summed E-state index contributed by atoms with van der Waals surface area (Å²) in [6.45, 7) is 2.87. The van der Waals surface area contributed by atoms with E-state index in [4.69, 9.17) is 0 Å². The van der Waals surface area contributed by atoms with Gasteiger partial charge in [0.1, 0.15) is 0 Å². The summed E-state index contributed by atoms with van der Waals surface area (Å²) in [5.41, 5.74) is 1.11. The van der Waals surface area contributed by atoms with Gasteiger partial charge < -0.3 is 4.90 Å². The molecule has 0 spiro atoms. The minimum Gasteiger partial charge on any atom is -0.303 e. The van der Waals surface area contributed by atoms with Gasteiger partial charge in [0.25, 0.3) is 0 Å². The third kappa shape index (κ3) is 3.14. The fraction of sp³-hybridized carbons (Fsp3) is 0.500. The summed E-state index contributed by atoms with van der Waals surface area (Å²) in [6, 6.07) is 10.0. The molecule has 1 aromatic rings. The molecule has 0 aliphatic carbocycles. The summed E-state index contributed by atoms with van der Waals surface area (Å²) < 4.78 is 0. The molecule has 0 saturated carbocycles. The molecule has 0 N–H and O–H groups in total. The van der Waals surface area contributed by atoms with E-state index in [1.807, 2.05) is 37.4 Å². The van der Waals surface area contributed by atoms with Crippen LogP contribution in [0, 0.1) is 0 Å². The van der Waals surface area contributed by atoms with Crippen LogP contribution in [0.25, 0.3) is 0 Å². The Kier molecular flexibility index (Phi) is 3.92. The molecule has 1 aliphatic rings. The lowest BCUT2D eigenvalue weighted by Crippen LogP contribution is -2.53. The van der Waals surface area contributed by atoms with E-state index in [0.717, 1.165) is 25.2 Å². The quantitative estimate of drug-likeness (QED) is 0.778. The van der Waals surface area contributed by atoms with E-state index >= 15 is 0 Å². The molecular formula is C14H20N2O. The number of carbonyl (C=O) groups excluding carboxylic acids is 1. The highest BCUT2D eigenvalue weighted by atomic mass is 16.1. The Bertz CT molecular complexity index is 377. The van der Waals surface area contributed by atoms with E-state index < -0.39 is 0 Å². The molecule has 1 atom stereocenters. The van der Waals surface area contributed by atoms with Crippen molar-refractivity contribution in [1.82, 2.24) is 9.80 Å². The van der Waals surface area contributed by atoms with Gasteiger partial charge in [0.2, 0.25) is 0 Å². The van der Waals surface area contributed by atoms with Gasteiger partial charge in [-0.2, -0.15) is 0 Å². The molecule has 0 bridgehead atoms. The van der Waals surface area contributed by atoms with Crippen molar-refractivity contribution in [2.24, 2.45) is 0 Å². The van der Waals surface area contributed by atoms with E-state index in [1.54, 1.807) is 0 Å². The SMILES string of the molecule is CN1CCN(C)C(C(=O)Cc2ccccc2)C1. The maximum absolute atomic E-state index is 12.3. The monoisotopic (exact) mass is 232 g/mol. The molecule has 1 heterocycles. The lowest BCUT2D eigenvalue weighted by atomic mass is 10.0. The van der Waals surface area contributed by atoms with Gasteiger partial charge in [0, 0.05) is 26.1 Å². The third-order valence-electron chi connectivity index (χ3n) is 3.44. The smallest absolute Gasteiger partial charge is 0.155 e. The number of nitrogens with zero attached hydrogens (tertiary/aromatic N) is 2. The van der Waals surface area contributed by atoms with Crippen molar-refractivity contribution in [3.63, 3.8) is 0 Å². The van der Waals surface area contributed by atoms with E-state index in [0.29, 0.717) is 12.2 Å². The standard InChI is InChI=1S/C14H20N2O/c1-15-8-9-16(2)13(11-15)14(17)10-12-6-4-3-5-7-12/h3-7,13H,8-11H2,1-2H3. The molecule has 1 aromatic carbocycles. The molecule has 3 nitrogen and oxygen atoms in total. The summed E-state index contributed by atoms with van der Waals surface area (Å²) in [7, 11) is 4.12. The third-order valence-corrected chi connectivity index (χ3v) is 3.44. The number of likely N-dealkylation sites (N-methyl/N-ethyl adjacent to an activating group) is 2. The van der Waals surface area contributed by atoms with E-state index in [1.165, 1.54) is 0 Å². The maximum atomic E-state index is 12.3. The fourth-order valence-corrected chi connectivity index (χ4v) is 2.27. The van der Waals surface area contributed by atoms with Crippen LogP contribution < -0.4 is 0 Å². The van der Waals surface area contributed by atoms with Crippen molar-refractivity contribution in [3.05, 3.63) is 35.9 Å². The average molecular weight is 232 g/mol. The zero-order valence-corrected chi connectivity index (χ0v) is 10.6. The average Bonchev–Trinajstić information content (AvgIpc) is 2.33. The van der Waals surface area contributed by atoms with Crippen LogP contribution in [-0.4, -0.2) is 55.4 Å². The topological polar surface area (TPSA) is 23.6 Å². The van der Waals surface area contributed by atoms with Crippen LogP contribution in [0.2, 0.25) is 0 Å². The number of hydrogen-bond donors (Lipinski definition) is 0. The summed E-state index contributed by atoms with van der Waals surface area (Å²) in [5, 5.41) is 0. The molecule has 0 aromatic heterocycles. The van der Waals surface area contributed by atoms with Crippen molar-refractivity contribution in [3.8, 4) is 0 Å². The van der Waals surface area contributed by atoms with Gasteiger partial charge in [-0.25, -0.2) is 0 Å². The number of ketones is 1. The zero-order chi connectivity index (χ0) is 12.3. The van der Waals surface area contributed by atoms with Crippen LogP contribution >= 0.6 is 0 Å². The molecule has 0 amide bonds. The first-order valence-electron chi connectivity index (χ1n) is 6.12. The second-order valence-corrected chi connectivity index (χ2v) is 4.89. The van der Waals surface area contributed by atoms with Gasteiger partial charge in [-0.15, -0.1) is 0 Å². The van der Waals surface area contributed by atoms with Crippen molar-refractivity contribution in [2.45, 2.75) is 12.5 Å². The van der Waals surface area contributed by atoms with Gasteiger partial charge in [-0.05, 0) is 19.7 Å². The Morgan fingerprint density at radius 1 is 1.24 bits per heavy atom. The summed E-state index contributed by atoms with van der Waals surface area (Å²) in [4.78, 5) is 16.7. The second kappa shape index (κ2) is 5.43. The first-order chi connectivity index (χ1) is 8.16. The van der Waals surface area contributed by atoms with Gasteiger partial charge >= 0.3 is 0 Å². The van der Waals surface area contributed by atoms with Crippen LogP contribution in [0.15, 0.2) is 30.3 Å². The summed E-state index contributed by atoms with van der Waals surface area (Å²) in [6.07, 6.45) is 0.545. The van der Waals surface area contributed by atoms with Crippen molar-refractivity contribution in [2.75, 3.05) is 33.7 Å². The lowest BCUT2D eigenvalue weighted by molar-refractivity contribution is -0.125. The highest BCUT2D eigenvalue weighted by Gasteiger charge is 2.27. The van der Waals surface area contributed by atoms with Crippen LogP contribution in [0.5, 0.6) is 0 Å². The van der Waals surface area contributed by atoms with Gasteiger partial charge in [-0.1, -0.05) is 30.3 Å². The number of rotatable bonds is 3. The van der Waals surface area contributed by atoms with Crippen molar-refractivity contribution >= 4 is 5.78 Å². The number of carbonyl (C=O) groups is 1. The Balaban J connectivity index is 1.99. The minimum atomic E-state index is 0.0500. The molecule has 1 fully saturated rings. The molecule has 3 heteroatoms. The maximum Gasteiger partial charge on any atom is 0.155 e. The second-order valence-electron chi connectivity index (χ2n) is 4.89. The molecular weight excluding hydrogens is 212 g/mol. The molecule has 1 unspecified atom stereocenters. The molecule has 2 rings (SSSR count). The van der Waals surface area contributed by atoms with Crippen molar-refractivity contribution < 1.29 is 4.79 Å². The molecule has 0 radical (unpaired) electrons. The molecule has 92 valence electrons. The van der Waals surface area contributed by atoms with E-state index in [9.17, 15) is 4.79 Å². The molecule has 1 saturated heterocycles.